The Balaban J connectivity index is 1.99. The number of benzene rings is 2. The number of ether oxygens (including phenoxy) is 1. The summed E-state index contributed by atoms with van der Waals surface area (Å²) < 4.78 is 40.6. The minimum atomic E-state index is -3.36. The second-order valence-electron chi connectivity index (χ2n) is 5.34. The summed E-state index contributed by atoms with van der Waals surface area (Å²) in [6, 6.07) is 10.3. The van der Waals surface area contributed by atoms with Crippen LogP contribution in [-0.4, -0.2) is 32.7 Å². The van der Waals surface area contributed by atoms with Crippen LogP contribution in [0.15, 0.2) is 53.4 Å². The topological polar surface area (TPSA) is 89.5 Å². The molecular formula is C17H16FNO5S. The summed E-state index contributed by atoms with van der Waals surface area (Å²) in [4.78, 5) is 24.1. The summed E-state index contributed by atoms with van der Waals surface area (Å²) in [5, 5.41) is 2.49. The average Bonchev–Trinajstić information content (AvgIpc) is 2.56. The van der Waals surface area contributed by atoms with Crippen molar-refractivity contribution in [2.24, 2.45) is 0 Å². The van der Waals surface area contributed by atoms with Gasteiger partial charge in [0.1, 0.15) is 5.82 Å². The summed E-state index contributed by atoms with van der Waals surface area (Å²) in [6.45, 7) is 1.39. The van der Waals surface area contributed by atoms with E-state index < -0.39 is 33.6 Å². The Morgan fingerprint density at radius 2 is 1.60 bits per heavy atom. The highest BCUT2D eigenvalue weighted by molar-refractivity contribution is 7.90. The van der Waals surface area contributed by atoms with Crippen LogP contribution in [0.4, 0.5) is 10.1 Å². The van der Waals surface area contributed by atoms with Crippen molar-refractivity contribution in [3.8, 4) is 0 Å². The summed E-state index contributed by atoms with van der Waals surface area (Å²) in [7, 11) is -3.36. The molecule has 0 spiro atoms. The lowest BCUT2D eigenvalue weighted by atomic mass is 10.2. The molecule has 0 saturated heterocycles. The van der Waals surface area contributed by atoms with Crippen LogP contribution in [0.25, 0.3) is 0 Å². The van der Waals surface area contributed by atoms with E-state index in [-0.39, 0.29) is 10.5 Å². The summed E-state index contributed by atoms with van der Waals surface area (Å²) in [6.07, 6.45) is -0.0329. The Kier molecular flexibility index (Phi) is 5.53. The molecule has 0 radical (unpaired) electrons. The van der Waals surface area contributed by atoms with Gasteiger partial charge in [-0.1, -0.05) is 0 Å². The molecule has 2 aromatic rings. The average molecular weight is 365 g/mol. The quantitative estimate of drug-likeness (QED) is 0.822. The number of carbonyl (C=O) groups is 2. The highest BCUT2D eigenvalue weighted by Gasteiger charge is 2.19. The Morgan fingerprint density at radius 3 is 2.12 bits per heavy atom. The zero-order valence-electron chi connectivity index (χ0n) is 13.5. The van der Waals surface area contributed by atoms with E-state index in [1.807, 2.05) is 0 Å². The largest absolute Gasteiger partial charge is 0.449 e. The van der Waals surface area contributed by atoms with Crippen LogP contribution in [0.3, 0.4) is 0 Å². The molecule has 2 rings (SSSR count). The lowest BCUT2D eigenvalue weighted by molar-refractivity contribution is -0.123. The molecule has 25 heavy (non-hydrogen) atoms. The van der Waals surface area contributed by atoms with Gasteiger partial charge in [-0.15, -0.1) is 0 Å². The third kappa shape index (κ3) is 5.12. The second-order valence-corrected chi connectivity index (χ2v) is 7.36. The predicted molar refractivity (Wildman–Crippen MR) is 89.5 cm³/mol. The number of hydrogen-bond donors (Lipinski definition) is 1. The van der Waals surface area contributed by atoms with E-state index in [1.165, 1.54) is 55.5 Å². The SMILES string of the molecule is C[C@H](OC(=O)c1ccc(S(C)(=O)=O)cc1)C(=O)Nc1ccc(F)cc1. The van der Waals surface area contributed by atoms with Crippen molar-refractivity contribution in [1.82, 2.24) is 0 Å². The number of sulfone groups is 1. The molecule has 0 aliphatic rings. The van der Waals surface area contributed by atoms with E-state index in [0.29, 0.717) is 5.69 Å². The molecule has 1 amide bonds. The van der Waals surface area contributed by atoms with Gasteiger partial charge >= 0.3 is 5.97 Å². The van der Waals surface area contributed by atoms with Crippen LogP contribution >= 0.6 is 0 Å². The number of halogens is 1. The van der Waals surface area contributed by atoms with Crippen molar-refractivity contribution in [2.75, 3.05) is 11.6 Å². The molecule has 132 valence electrons. The highest BCUT2D eigenvalue weighted by atomic mass is 32.2. The van der Waals surface area contributed by atoms with E-state index in [4.69, 9.17) is 4.74 Å². The zero-order chi connectivity index (χ0) is 18.6. The van der Waals surface area contributed by atoms with Crippen molar-refractivity contribution >= 4 is 27.4 Å². The third-order valence-electron chi connectivity index (χ3n) is 3.28. The molecule has 0 aliphatic carbocycles. The fourth-order valence-corrected chi connectivity index (χ4v) is 2.53. The zero-order valence-corrected chi connectivity index (χ0v) is 14.3. The van der Waals surface area contributed by atoms with Gasteiger partial charge in [-0.25, -0.2) is 17.6 Å². The number of nitrogens with one attached hydrogen (secondary N) is 1. The molecule has 0 fully saturated rings. The molecule has 1 atom stereocenters. The smallest absolute Gasteiger partial charge is 0.338 e. The molecule has 0 saturated carbocycles. The number of hydrogen-bond acceptors (Lipinski definition) is 5. The number of amides is 1. The van der Waals surface area contributed by atoms with Gasteiger partial charge in [-0.3, -0.25) is 4.79 Å². The van der Waals surface area contributed by atoms with Gasteiger partial charge < -0.3 is 10.1 Å². The maximum atomic E-state index is 12.8. The highest BCUT2D eigenvalue weighted by Crippen LogP contribution is 2.13. The summed E-state index contributed by atoms with van der Waals surface area (Å²) in [5.74, 6) is -1.77. The summed E-state index contributed by atoms with van der Waals surface area (Å²) >= 11 is 0. The van der Waals surface area contributed by atoms with Crippen LogP contribution in [-0.2, 0) is 19.4 Å². The second kappa shape index (κ2) is 7.43. The minimum Gasteiger partial charge on any atom is -0.449 e. The molecular weight excluding hydrogens is 349 g/mol. The molecule has 0 aromatic heterocycles. The lowest BCUT2D eigenvalue weighted by Crippen LogP contribution is -2.30. The molecule has 2 aromatic carbocycles. The van der Waals surface area contributed by atoms with Crippen LogP contribution in [0.5, 0.6) is 0 Å². The first kappa shape index (κ1) is 18.6. The van der Waals surface area contributed by atoms with Crippen LogP contribution in [0, 0.1) is 5.82 Å². The molecule has 1 N–H and O–H groups in total. The van der Waals surface area contributed by atoms with Crippen molar-refractivity contribution in [3.05, 3.63) is 59.9 Å². The fraction of sp³-hybridized carbons (Fsp3) is 0.176. The fourth-order valence-electron chi connectivity index (χ4n) is 1.90. The number of anilines is 1. The summed E-state index contributed by atoms with van der Waals surface area (Å²) in [5.41, 5.74) is 0.487. The van der Waals surface area contributed by atoms with Gasteiger partial charge in [-0.05, 0) is 55.5 Å². The van der Waals surface area contributed by atoms with Gasteiger partial charge in [0.2, 0.25) is 0 Å². The van der Waals surface area contributed by atoms with Gasteiger partial charge in [0.05, 0.1) is 10.5 Å². The van der Waals surface area contributed by atoms with E-state index in [2.05, 4.69) is 5.32 Å². The van der Waals surface area contributed by atoms with Gasteiger partial charge in [0.25, 0.3) is 5.91 Å². The molecule has 8 heteroatoms. The molecule has 0 heterocycles. The predicted octanol–water partition coefficient (Wildman–Crippen LogP) is 2.41. The Morgan fingerprint density at radius 1 is 1.04 bits per heavy atom. The Hall–Kier alpha value is -2.74. The van der Waals surface area contributed by atoms with Gasteiger partial charge in [-0.2, -0.15) is 0 Å². The Bertz CT molecular complexity index is 876. The van der Waals surface area contributed by atoms with Crippen molar-refractivity contribution in [2.45, 2.75) is 17.9 Å². The molecule has 0 unspecified atom stereocenters. The monoisotopic (exact) mass is 365 g/mol. The van der Waals surface area contributed by atoms with E-state index in [0.717, 1.165) is 6.26 Å². The first-order chi connectivity index (χ1) is 11.7. The number of carbonyl (C=O) groups excluding carboxylic acids is 2. The maximum absolute atomic E-state index is 12.8. The van der Waals surface area contributed by atoms with Crippen molar-refractivity contribution in [1.29, 1.82) is 0 Å². The minimum absolute atomic E-state index is 0.0751. The molecule has 0 bridgehead atoms. The first-order valence-electron chi connectivity index (χ1n) is 7.24. The maximum Gasteiger partial charge on any atom is 0.338 e. The van der Waals surface area contributed by atoms with E-state index in [1.54, 1.807) is 0 Å². The Labute approximate surface area is 144 Å². The first-order valence-corrected chi connectivity index (χ1v) is 9.13. The van der Waals surface area contributed by atoms with Crippen LogP contribution < -0.4 is 5.32 Å². The van der Waals surface area contributed by atoms with Gasteiger partial charge in [0, 0.05) is 11.9 Å². The van der Waals surface area contributed by atoms with Crippen molar-refractivity contribution < 1.29 is 27.1 Å². The third-order valence-corrected chi connectivity index (χ3v) is 4.41. The van der Waals surface area contributed by atoms with Gasteiger partial charge in [0.15, 0.2) is 15.9 Å². The van der Waals surface area contributed by atoms with Crippen LogP contribution in [0.2, 0.25) is 0 Å². The lowest BCUT2D eigenvalue weighted by Gasteiger charge is -2.13. The molecule has 6 nitrogen and oxygen atoms in total. The number of esters is 1. The van der Waals surface area contributed by atoms with E-state index >= 15 is 0 Å². The van der Waals surface area contributed by atoms with Crippen molar-refractivity contribution in [3.63, 3.8) is 0 Å². The normalized spacial score (nSPS) is 12.3. The number of rotatable bonds is 5. The van der Waals surface area contributed by atoms with Crippen LogP contribution in [0.1, 0.15) is 17.3 Å². The van der Waals surface area contributed by atoms with E-state index in [9.17, 15) is 22.4 Å². The standard InChI is InChI=1S/C17H16FNO5S/c1-11(16(20)19-14-7-5-13(18)6-8-14)24-17(21)12-3-9-15(10-4-12)25(2,22)23/h3-11H,1-2H3,(H,19,20)/t11-/m0/s1. The molecule has 0 aliphatic heterocycles.